The highest BCUT2D eigenvalue weighted by Crippen LogP contribution is 2.55. The van der Waals surface area contributed by atoms with Gasteiger partial charge in [0, 0.05) is 127 Å². The van der Waals surface area contributed by atoms with Crippen molar-refractivity contribution in [3.63, 3.8) is 0 Å². The quantitative estimate of drug-likeness (QED) is 0.112. The van der Waals surface area contributed by atoms with Gasteiger partial charge in [0.2, 0.25) is 0 Å². The molecule has 8 heteroatoms. The van der Waals surface area contributed by atoms with E-state index in [0.717, 1.165) is 101 Å². The largest absolute Gasteiger partial charge is 0.332 e. The molecule has 0 saturated carbocycles. The van der Waals surface area contributed by atoms with Crippen LogP contribution in [0, 0.1) is 0 Å². The molecule has 28 rings (SSSR count). The maximum absolute atomic E-state index is 2.61. The van der Waals surface area contributed by atoms with Crippen LogP contribution in [-0.4, -0.2) is 38.0 Å². The first-order valence-electron chi connectivity index (χ1n) is 44.8. The lowest BCUT2D eigenvalue weighted by molar-refractivity contribution is 0.743. The van der Waals surface area contributed by atoms with Gasteiger partial charge < -0.3 is 36.9 Å². The smallest absolute Gasteiger partial charge is 0.0788 e. The number of anilines is 2. The monoisotopic (exact) mass is 1640 g/mol. The van der Waals surface area contributed by atoms with Crippen LogP contribution in [0.15, 0.2) is 461 Å². The fraction of sp³-hybridized carbons (Fsp3) is 0.0248. The molecule has 0 amide bonds. The maximum Gasteiger partial charge on any atom is 0.0788 e. The molecule has 0 saturated heterocycles. The molecule has 2 aliphatic rings. The standard InChI is InChI=1S/C121H78N8/c1-5-29-81(30-6-1)122-105-45-21-13-37-89(105)97-69-73-101-93-41-17-25-49-109(93)126(117(101)113(97)122)85-61-53-77(54-62-85)121(78-55-63-86(64-56-78)127-110-50-26-18-42-94(110)102-74-70-98-90-38-14-22-46-106(90)123(114(98)118(102)127)82-31-7-2-8-32-82,79-57-65-87(66-58-79)128-111-51-27-19-43-95(111)103-75-71-99-91-39-15-23-47-107(91)124(115(99)119(103)128)83-33-9-3-10-34-83)80-59-67-88(68-60-80)129-112-52-28-20-44-96(112)104-76-72-100-92-40-16-24-48-108(92)125(116(100)120(104)129)84-35-11-4-12-36-84/h1-76,89,105H. The minimum Gasteiger partial charge on any atom is -0.332 e. The molecule has 129 heavy (non-hydrogen) atoms. The molecule has 7 aromatic heterocycles. The Balaban J connectivity index is 0.725. The predicted molar refractivity (Wildman–Crippen MR) is 539 cm³/mol. The third-order valence-corrected chi connectivity index (χ3v) is 28.6. The Bertz CT molecular complexity index is 8560. The number of hydrogen-bond acceptors (Lipinski definition) is 1. The van der Waals surface area contributed by atoms with Gasteiger partial charge in [0.1, 0.15) is 0 Å². The number of nitrogens with zero attached hydrogens (tertiary/aromatic N) is 8. The highest BCUT2D eigenvalue weighted by Gasteiger charge is 2.43. The molecule has 2 unspecified atom stereocenters. The Morgan fingerprint density at radius 3 is 0.643 bits per heavy atom. The predicted octanol–water partition coefficient (Wildman–Crippen LogP) is 30.5. The lowest BCUT2D eigenvalue weighted by Crippen LogP contribution is -2.31. The molecule has 602 valence electrons. The zero-order valence-electron chi connectivity index (χ0n) is 70.1. The Kier molecular flexibility index (Phi) is 15.3. The van der Waals surface area contributed by atoms with Gasteiger partial charge in [-0.3, -0.25) is 0 Å². The number of allylic oxidation sites excluding steroid dienone is 2. The van der Waals surface area contributed by atoms with Gasteiger partial charge in [-0.2, -0.15) is 0 Å². The van der Waals surface area contributed by atoms with Gasteiger partial charge in [-0.1, -0.05) is 322 Å². The molecule has 8 heterocycles. The highest BCUT2D eigenvalue weighted by atomic mass is 15.2. The Morgan fingerprint density at radius 1 is 0.163 bits per heavy atom. The number of aromatic nitrogens is 7. The number of fused-ring (bicyclic) bond motifs is 28. The van der Waals surface area contributed by atoms with Crippen molar-refractivity contribution in [1.29, 1.82) is 0 Å². The summed E-state index contributed by atoms with van der Waals surface area (Å²) < 4.78 is 17.6. The molecule has 0 N–H and O–H groups in total. The number of benzene rings is 19. The zero-order chi connectivity index (χ0) is 84.3. The summed E-state index contributed by atoms with van der Waals surface area (Å²) in [7, 11) is 0. The van der Waals surface area contributed by atoms with E-state index in [1.165, 1.54) is 131 Å². The molecule has 0 spiro atoms. The molecule has 1 aliphatic carbocycles. The van der Waals surface area contributed by atoms with Crippen LogP contribution in [0.4, 0.5) is 11.4 Å². The number of rotatable bonds is 12. The number of hydrogen-bond donors (Lipinski definition) is 0. The summed E-state index contributed by atoms with van der Waals surface area (Å²) in [5.74, 6) is 0.166. The van der Waals surface area contributed by atoms with Gasteiger partial charge in [0.15, 0.2) is 0 Å². The molecular formula is C121H78N8. The minimum atomic E-state index is -1.02. The Hall–Kier alpha value is -16.9. The first-order chi connectivity index (χ1) is 64.1. The van der Waals surface area contributed by atoms with E-state index in [0.29, 0.717) is 0 Å². The summed E-state index contributed by atoms with van der Waals surface area (Å²) in [6.07, 6.45) is 9.26. The van der Waals surface area contributed by atoms with Crippen molar-refractivity contribution in [1.82, 2.24) is 32.0 Å². The molecule has 26 aromatic rings. The second kappa shape index (κ2) is 27.5. The molecule has 8 nitrogen and oxygen atoms in total. The molecule has 0 radical (unpaired) electrons. The Morgan fingerprint density at radius 2 is 0.372 bits per heavy atom. The second-order valence-electron chi connectivity index (χ2n) is 34.9. The molecule has 2 atom stereocenters. The zero-order valence-corrected chi connectivity index (χ0v) is 70.1. The summed E-state index contributed by atoms with van der Waals surface area (Å²) in [6.45, 7) is 0. The summed E-state index contributed by atoms with van der Waals surface area (Å²) in [4.78, 5) is 2.61. The third kappa shape index (κ3) is 10.0. The van der Waals surface area contributed by atoms with E-state index in [1.54, 1.807) is 0 Å². The van der Waals surface area contributed by atoms with Crippen LogP contribution in [0.1, 0.15) is 33.7 Å². The fourth-order valence-corrected chi connectivity index (χ4v) is 23.3. The van der Waals surface area contributed by atoms with Crippen molar-refractivity contribution in [3.8, 4) is 39.8 Å². The van der Waals surface area contributed by atoms with E-state index in [9.17, 15) is 0 Å². The first kappa shape index (κ1) is 71.5. The van der Waals surface area contributed by atoms with Crippen molar-refractivity contribution in [2.75, 3.05) is 4.90 Å². The summed E-state index contributed by atoms with van der Waals surface area (Å²) >= 11 is 0. The summed E-state index contributed by atoms with van der Waals surface area (Å²) in [6, 6.07) is 164. The summed E-state index contributed by atoms with van der Waals surface area (Å²) in [5.41, 5.74) is 30.9. The normalized spacial score (nSPS) is 14.1. The van der Waals surface area contributed by atoms with Gasteiger partial charge in [0.25, 0.3) is 0 Å². The van der Waals surface area contributed by atoms with E-state index < -0.39 is 5.41 Å². The van der Waals surface area contributed by atoms with Crippen molar-refractivity contribution in [2.45, 2.75) is 17.4 Å². The van der Waals surface area contributed by atoms with Gasteiger partial charge in [-0.05, 0) is 167 Å². The van der Waals surface area contributed by atoms with E-state index in [4.69, 9.17) is 0 Å². The van der Waals surface area contributed by atoms with Crippen LogP contribution in [0.2, 0.25) is 0 Å². The van der Waals surface area contributed by atoms with Crippen molar-refractivity contribution in [2.24, 2.45) is 0 Å². The number of para-hydroxylation sites is 11. The molecule has 0 bridgehead atoms. The van der Waals surface area contributed by atoms with Crippen LogP contribution in [0.5, 0.6) is 0 Å². The lowest BCUT2D eigenvalue weighted by atomic mass is 9.65. The topological polar surface area (TPSA) is 37.8 Å². The highest BCUT2D eigenvalue weighted by molar-refractivity contribution is 6.27. The summed E-state index contributed by atoms with van der Waals surface area (Å²) in [5, 5.41) is 16.9. The van der Waals surface area contributed by atoms with Gasteiger partial charge >= 0.3 is 0 Å². The second-order valence-corrected chi connectivity index (χ2v) is 34.9. The van der Waals surface area contributed by atoms with Crippen LogP contribution in [0.25, 0.3) is 192 Å². The SMILES string of the molecule is C1=CC2c3ccc4c5ccccc5n(-c5ccc(C(c6ccc(-n7c8ccccc8c8ccc9c%10ccccc%10n(-c%10ccccc%10)c9c87)cc6)(c6ccc(-n7c8ccccc8c8ccc9c%10ccccc%10n(-c%10ccccc%10)c9c87)cc6)c6ccc(-n7c8ccccc8c8ccc9c%10ccccc%10n(-c%10ccccc%10)c9c87)cc6)cc5)c4c3N(c3ccccc3)C2C=C1. The fourth-order valence-electron chi connectivity index (χ4n) is 23.3. The van der Waals surface area contributed by atoms with E-state index >= 15 is 0 Å². The van der Waals surface area contributed by atoms with Gasteiger partial charge in [-0.15, -0.1) is 0 Å². The Labute approximate surface area is 741 Å². The molecule has 19 aromatic carbocycles. The van der Waals surface area contributed by atoms with Crippen LogP contribution >= 0.6 is 0 Å². The molecular weight excluding hydrogens is 1570 g/mol. The van der Waals surface area contributed by atoms with Gasteiger partial charge in [-0.25, -0.2) is 0 Å². The van der Waals surface area contributed by atoms with Crippen LogP contribution in [-0.2, 0) is 5.41 Å². The van der Waals surface area contributed by atoms with E-state index in [1.807, 2.05) is 0 Å². The average Bonchev–Trinajstić information content (AvgIpc) is 1.54. The minimum absolute atomic E-state index is 0.0993. The van der Waals surface area contributed by atoms with Crippen molar-refractivity contribution >= 4 is 164 Å². The van der Waals surface area contributed by atoms with Crippen molar-refractivity contribution in [3.05, 3.63) is 489 Å². The molecule has 1 aliphatic heterocycles. The third-order valence-electron chi connectivity index (χ3n) is 28.6. The first-order valence-corrected chi connectivity index (χ1v) is 44.8. The molecule has 0 fully saturated rings. The van der Waals surface area contributed by atoms with E-state index in [2.05, 4.69) is 498 Å². The van der Waals surface area contributed by atoms with Gasteiger partial charge in [0.05, 0.1) is 94.4 Å². The van der Waals surface area contributed by atoms with E-state index in [-0.39, 0.29) is 12.0 Å². The van der Waals surface area contributed by atoms with Crippen LogP contribution in [0.3, 0.4) is 0 Å². The average molecular weight is 1640 g/mol. The maximum atomic E-state index is 2.61. The van der Waals surface area contributed by atoms with Crippen LogP contribution < -0.4 is 4.90 Å². The lowest BCUT2D eigenvalue weighted by Gasteiger charge is -2.37. The van der Waals surface area contributed by atoms with Crippen molar-refractivity contribution < 1.29 is 0 Å².